The van der Waals surface area contributed by atoms with Crippen LogP contribution in [0.2, 0.25) is 0 Å². The molecule has 1 aliphatic carbocycles. The summed E-state index contributed by atoms with van der Waals surface area (Å²) in [5, 5.41) is 5.29. The topological polar surface area (TPSA) is 68.0 Å². The zero-order valence-electron chi connectivity index (χ0n) is 8.04. The third-order valence-electron chi connectivity index (χ3n) is 2.54. The number of carbonyl (C=O) groups excluding carboxylic acids is 1. The normalized spacial score (nSPS) is 18.7. The maximum absolute atomic E-state index is 11.7. The molecule has 1 aromatic rings. The molecule has 1 aliphatic rings. The van der Waals surface area contributed by atoms with Crippen LogP contribution in [0.4, 0.5) is 5.13 Å². The van der Waals surface area contributed by atoms with Crippen LogP contribution in [0, 0.1) is 6.92 Å². The second-order valence-electron chi connectivity index (χ2n) is 3.76. The Morgan fingerprint density at radius 3 is 2.86 bits per heavy atom. The molecule has 0 atom stereocenters. The largest absolute Gasteiger partial charge is 0.317 e. The van der Waals surface area contributed by atoms with Crippen molar-refractivity contribution in [3.63, 3.8) is 0 Å². The Morgan fingerprint density at radius 1 is 1.71 bits per heavy atom. The van der Waals surface area contributed by atoms with Gasteiger partial charge in [0.1, 0.15) is 0 Å². The van der Waals surface area contributed by atoms with Gasteiger partial charge in [-0.3, -0.25) is 4.79 Å². The maximum Gasteiger partial charge on any atom is 0.246 e. The molecule has 1 fully saturated rings. The number of hydrogen-bond acceptors (Lipinski definition) is 4. The summed E-state index contributed by atoms with van der Waals surface area (Å²) < 4.78 is 0. The first-order valence-electron chi connectivity index (χ1n) is 4.63. The average Bonchev–Trinajstić information content (AvgIpc) is 2.47. The van der Waals surface area contributed by atoms with Gasteiger partial charge in [0.05, 0.1) is 11.2 Å². The predicted molar refractivity (Wildman–Crippen MR) is 56.3 cm³/mol. The first-order chi connectivity index (χ1) is 6.60. The van der Waals surface area contributed by atoms with Crippen LogP contribution in [0.3, 0.4) is 0 Å². The summed E-state index contributed by atoms with van der Waals surface area (Å²) in [6.07, 6.45) is 2.60. The number of hydrogen-bond donors (Lipinski definition) is 2. The van der Waals surface area contributed by atoms with Crippen molar-refractivity contribution in [1.29, 1.82) is 0 Å². The molecule has 3 N–H and O–H groups in total. The highest BCUT2D eigenvalue weighted by atomic mass is 32.1. The zero-order valence-corrected chi connectivity index (χ0v) is 8.86. The molecular weight excluding hydrogens is 198 g/mol. The molecule has 0 saturated heterocycles. The molecule has 0 bridgehead atoms. The van der Waals surface area contributed by atoms with E-state index in [0.29, 0.717) is 5.13 Å². The number of aryl methyl sites for hydroxylation is 1. The van der Waals surface area contributed by atoms with Gasteiger partial charge in [0.25, 0.3) is 0 Å². The highest BCUT2D eigenvalue weighted by Crippen LogP contribution is 2.30. The Balaban J connectivity index is 2.01. The molecule has 0 spiro atoms. The number of carbonyl (C=O) groups is 1. The van der Waals surface area contributed by atoms with Crippen LogP contribution in [0.1, 0.15) is 25.0 Å². The second kappa shape index (κ2) is 3.33. The maximum atomic E-state index is 11.7. The lowest BCUT2D eigenvalue weighted by molar-refractivity contribution is -0.123. The fourth-order valence-electron chi connectivity index (χ4n) is 1.42. The van der Waals surface area contributed by atoms with Gasteiger partial charge in [-0.2, -0.15) is 0 Å². The first kappa shape index (κ1) is 9.61. The summed E-state index contributed by atoms with van der Waals surface area (Å²) in [6, 6.07) is 0. The zero-order chi connectivity index (χ0) is 10.2. The molecule has 0 aliphatic heterocycles. The smallest absolute Gasteiger partial charge is 0.246 e. The molecule has 4 nitrogen and oxygen atoms in total. The van der Waals surface area contributed by atoms with E-state index in [-0.39, 0.29) is 5.91 Å². The number of nitrogens with two attached hydrogens (primary N) is 1. The first-order valence-corrected chi connectivity index (χ1v) is 5.51. The molecule has 2 rings (SSSR count). The van der Waals surface area contributed by atoms with Crippen molar-refractivity contribution in [3.8, 4) is 0 Å². The van der Waals surface area contributed by atoms with E-state index in [9.17, 15) is 4.79 Å². The Morgan fingerprint density at radius 2 is 2.43 bits per heavy atom. The van der Waals surface area contributed by atoms with Gasteiger partial charge in [0, 0.05) is 5.38 Å². The minimum Gasteiger partial charge on any atom is -0.317 e. The molecule has 14 heavy (non-hydrogen) atoms. The van der Waals surface area contributed by atoms with Crippen LogP contribution >= 0.6 is 11.3 Å². The highest BCUT2D eigenvalue weighted by Gasteiger charge is 2.40. The van der Waals surface area contributed by atoms with Crippen molar-refractivity contribution >= 4 is 22.4 Å². The Kier molecular flexibility index (Phi) is 2.28. The average molecular weight is 211 g/mol. The Hall–Kier alpha value is -0.940. The van der Waals surface area contributed by atoms with Crippen LogP contribution in [0.15, 0.2) is 5.38 Å². The molecule has 0 aromatic carbocycles. The van der Waals surface area contributed by atoms with Crippen molar-refractivity contribution in [2.24, 2.45) is 5.73 Å². The number of rotatable bonds is 2. The molecule has 76 valence electrons. The van der Waals surface area contributed by atoms with Crippen LogP contribution in [-0.2, 0) is 4.79 Å². The van der Waals surface area contributed by atoms with Crippen molar-refractivity contribution in [3.05, 3.63) is 11.1 Å². The number of thiazole rings is 1. The van der Waals surface area contributed by atoms with Crippen molar-refractivity contribution < 1.29 is 4.79 Å². The van der Waals surface area contributed by atoms with Gasteiger partial charge in [0.15, 0.2) is 5.13 Å². The minimum absolute atomic E-state index is 0.0990. The Bertz CT molecular complexity index is 357. The molecule has 0 unspecified atom stereocenters. The van der Waals surface area contributed by atoms with Gasteiger partial charge in [-0.1, -0.05) is 0 Å². The predicted octanol–water partition coefficient (Wildman–Crippen LogP) is 1.27. The number of amides is 1. The molecule has 5 heteroatoms. The van der Waals surface area contributed by atoms with Crippen LogP contribution < -0.4 is 11.1 Å². The number of aromatic nitrogens is 1. The second-order valence-corrected chi connectivity index (χ2v) is 4.62. The number of anilines is 1. The van der Waals surface area contributed by atoms with Crippen molar-refractivity contribution in [2.75, 3.05) is 5.32 Å². The van der Waals surface area contributed by atoms with E-state index in [0.717, 1.165) is 25.0 Å². The lowest BCUT2D eigenvalue weighted by Crippen LogP contribution is -2.56. The third kappa shape index (κ3) is 1.65. The monoisotopic (exact) mass is 211 g/mol. The molecule has 1 aromatic heterocycles. The molecule has 1 amide bonds. The van der Waals surface area contributed by atoms with Gasteiger partial charge in [0.2, 0.25) is 5.91 Å². The van der Waals surface area contributed by atoms with Gasteiger partial charge in [-0.05, 0) is 26.2 Å². The standard InChI is InChI=1S/C9H13N3OS/c1-6-5-14-8(11-6)12-7(13)9(10)3-2-4-9/h5H,2-4,10H2,1H3,(H,11,12,13). The lowest BCUT2D eigenvalue weighted by atomic mass is 9.77. The third-order valence-corrected chi connectivity index (χ3v) is 3.41. The summed E-state index contributed by atoms with van der Waals surface area (Å²) in [7, 11) is 0. The number of nitrogens with one attached hydrogen (secondary N) is 1. The van der Waals surface area contributed by atoms with Gasteiger partial charge in [-0.25, -0.2) is 4.98 Å². The summed E-state index contributed by atoms with van der Waals surface area (Å²) in [5.74, 6) is -0.0990. The van der Waals surface area contributed by atoms with E-state index in [4.69, 9.17) is 5.73 Å². The fraction of sp³-hybridized carbons (Fsp3) is 0.556. The van der Waals surface area contributed by atoms with E-state index in [1.54, 1.807) is 0 Å². The van der Waals surface area contributed by atoms with Crippen molar-refractivity contribution in [2.45, 2.75) is 31.7 Å². The summed E-state index contributed by atoms with van der Waals surface area (Å²) in [4.78, 5) is 15.8. The Labute approximate surface area is 86.5 Å². The van der Waals surface area contributed by atoms with Crippen LogP contribution in [0.25, 0.3) is 0 Å². The quantitative estimate of drug-likeness (QED) is 0.774. The van der Waals surface area contributed by atoms with E-state index in [1.165, 1.54) is 11.3 Å². The van der Waals surface area contributed by atoms with E-state index < -0.39 is 5.54 Å². The van der Waals surface area contributed by atoms with Crippen LogP contribution in [-0.4, -0.2) is 16.4 Å². The SMILES string of the molecule is Cc1csc(NC(=O)C2(N)CCC2)n1. The van der Waals surface area contributed by atoms with Crippen LogP contribution in [0.5, 0.6) is 0 Å². The summed E-state index contributed by atoms with van der Waals surface area (Å²) in [5.41, 5.74) is 6.15. The van der Waals surface area contributed by atoms with Gasteiger partial charge < -0.3 is 11.1 Å². The highest BCUT2D eigenvalue weighted by molar-refractivity contribution is 7.13. The summed E-state index contributed by atoms with van der Waals surface area (Å²) >= 11 is 1.43. The lowest BCUT2D eigenvalue weighted by Gasteiger charge is -2.35. The van der Waals surface area contributed by atoms with E-state index in [1.807, 2.05) is 12.3 Å². The van der Waals surface area contributed by atoms with E-state index >= 15 is 0 Å². The molecular formula is C9H13N3OS. The fourth-order valence-corrected chi connectivity index (χ4v) is 2.10. The molecule has 1 heterocycles. The molecule has 0 radical (unpaired) electrons. The minimum atomic E-state index is -0.639. The van der Waals surface area contributed by atoms with Gasteiger partial charge in [-0.15, -0.1) is 11.3 Å². The van der Waals surface area contributed by atoms with Gasteiger partial charge >= 0.3 is 0 Å². The molecule has 1 saturated carbocycles. The summed E-state index contributed by atoms with van der Waals surface area (Å²) in [6.45, 7) is 1.90. The number of nitrogens with zero attached hydrogens (tertiary/aromatic N) is 1. The van der Waals surface area contributed by atoms with Crippen molar-refractivity contribution in [1.82, 2.24) is 4.98 Å². The van der Waals surface area contributed by atoms with E-state index in [2.05, 4.69) is 10.3 Å².